The van der Waals surface area contributed by atoms with Crippen molar-refractivity contribution in [2.75, 3.05) is 31.1 Å². The number of hydrogen-bond donors (Lipinski definition) is 1. The second-order valence-corrected chi connectivity index (χ2v) is 9.68. The van der Waals surface area contributed by atoms with Gasteiger partial charge in [-0.25, -0.2) is 4.79 Å². The first-order valence-corrected chi connectivity index (χ1v) is 11.4. The lowest BCUT2D eigenvalue weighted by molar-refractivity contribution is -0.192. The smallest absolute Gasteiger partial charge is 0.475 e. The summed E-state index contributed by atoms with van der Waals surface area (Å²) in [6.45, 7) is 6.15. The fraction of sp³-hybridized carbons (Fsp3) is 0.500. The van der Waals surface area contributed by atoms with Gasteiger partial charge in [0.2, 0.25) is 0 Å². The van der Waals surface area contributed by atoms with Gasteiger partial charge in [0.25, 0.3) is 5.91 Å². The summed E-state index contributed by atoms with van der Waals surface area (Å²) in [4.78, 5) is 28.3. The van der Waals surface area contributed by atoms with Crippen molar-refractivity contribution in [1.29, 1.82) is 0 Å². The number of aryl methyl sites for hydroxylation is 1. The van der Waals surface area contributed by atoms with Crippen LogP contribution in [0.2, 0.25) is 0 Å². The van der Waals surface area contributed by atoms with Gasteiger partial charge in [-0.05, 0) is 43.3 Å². The van der Waals surface area contributed by atoms with E-state index < -0.39 is 12.1 Å². The van der Waals surface area contributed by atoms with E-state index in [2.05, 4.69) is 24.0 Å². The molecule has 0 aromatic carbocycles. The number of amides is 1. The van der Waals surface area contributed by atoms with Gasteiger partial charge in [-0.3, -0.25) is 9.69 Å². The molecule has 0 aliphatic carbocycles. The van der Waals surface area contributed by atoms with Gasteiger partial charge in [0.05, 0.1) is 17.8 Å². The number of nitrogens with zero attached hydrogens (tertiary/aromatic N) is 2. The van der Waals surface area contributed by atoms with Crippen molar-refractivity contribution < 1.29 is 32.6 Å². The van der Waals surface area contributed by atoms with E-state index >= 15 is 0 Å². The van der Waals surface area contributed by atoms with Gasteiger partial charge in [-0.2, -0.15) is 24.5 Å². The second-order valence-electron chi connectivity index (χ2n) is 7.52. The van der Waals surface area contributed by atoms with Crippen molar-refractivity contribution in [3.8, 4) is 0 Å². The Morgan fingerprint density at radius 2 is 1.94 bits per heavy atom. The van der Waals surface area contributed by atoms with Crippen LogP contribution in [0.5, 0.6) is 0 Å². The molecule has 0 radical (unpaired) electrons. The molecular formula is C20H23F3N2O4S2. The molecule has 2 saturated heterocycles. The number of thiophene rings is 2. The number of carboxylic acids is 1. The summed E-state index contributed by atoms with van der Waals surface area (Å²) in [5.41, 5.74) is 0.849. The average Bonchev–Trinajstić information content (AvgIpc) is 3.38. The zero-order chi connectivity index (χ0) is 22.6. The van der Waals surface area contributed by atoms with Crippen molar-refractivity contribution in [2.24, 2.45) is 0 Å². The fourth-order valence-electron chi connectivity index (χ4n) is 3.57. The number of carbonyl (C=O) groups is 2. The molecule has 2 fully saturated rings. The number of carboxylic acid groups (broad SMARTS) is 1. The number of alkyl halides is 3. The quantitative estimate of drug-likeness (QED) is 0.721. The summed E-state index contributed by atoms with van der Waals surface area (Å²) in [6, 6.07) is 6.45. The number of anilines is 1. The van der Waals surface area contributed by atoms with E-state index in [0.717, 1.165) is 38.2 Å². The minimum absolute atomic E-state index is 0.0792. The minimum Gasteiger partial charge on any atom is -0.475 e. The topological polar surface area (TPSA) is 70.1 Å². The van der Waals surface area contributed by atoms with E-state index in [-0.39, 0.29) is 18.1 Å². The van der Waals surface area contributed by atoms with Crippen LogP contribution in [0.3, 0.4) is 0 Å². The Morgan fingerprint density at radius 3 is 2.45 bits per heavy atom. The minimum atomic E-state index is -5.08. The standard InChI is InChI=1S/C18H22N2O2S2.C2HF3O2/c1-14-2-3-16(24-14)10-19-7-5-18(6-8-19)13-20(17(21)11-22-18)15-4-9-23-12-15;3-2(4,5)1(6)7/h2-4,9,12H,5-8,10-11,13H2,1H3;(H,6,7). The number of carbonyl (C=O) groups excluding carboxylic acids is 1. The van der Waals surface area contributed by atoms with Gasteiger partial charge in [0.15, 0.2) is 0 Å². The number of hydrogen-bond acceptors (Lipinski definition) is 6. The SMILES string of the molecule is Cc1ccc(CN2CCC3(CC2)CN(c2ccsc2)C(=O)CO3)s1.O=C(O)C(F)(F)F. The number of rotatable bonds is 3. The molecule has 4 rings (SSSR count). The lowest BCUT2D eigenvalue weighted by Crippen LogP contribution is -2.58. The molecule has 0 saturated carbocycles. The molecule has 6 nitrogen and oxygen atoms in total. The molecule has 11 heteroatoms. The predicted octanol–water partition coefficient (Wildman–Crippen LogP) is 4.15. The van der Waals surface area contributed by atoms with E-state index in [1.165, 1.54) is 9.75 Å². The van der Waals surface area contributed by atoms with Crippen LogP contribution in [0.25, 0.3) is 0 Å². The molecule has 31 heavy (non-hydrogen) atoms. The first-order chi connectivity index (χ1) is 14.6. The highest BCUT2D eigenvalue weighted by atomic mass is 32.1. The van der Waals surface area contributed by atoms with E-state index in [9.17, 15) is 18.0 Å². The number of piperidine rings is 1. The summed E-state index contributed by atoms with van der Waals surface area (Å²) in [6.07, 6.45) is -3.10. The number of halogens is 3. The monoisotopic (exact) mass is 476 g/mol. The Kier molecular flexibility index (Phi) is 7.40. The molecule has 2 aromatic heterocycles. The maximum Gasteiger partial charge on any atom is 0.490 e. The molecule has 2 aliphatic rings. The van der Waals surface area contributed by atoms with E-state index in [1.807, 2.05) is 33.1 Å². The van der Waals surface area contributed by atoms with Crippen molar-refractivity contribution in [3.63, 3.8) is 0 Å². The van der Waals surface area contributed by atoms with Crippen molar-refractivity contribution in [1.82, 2.24) is 4.90 Å². The number of likely N-dealkylation sites (tertiary alicyclic amines) is 1. The predicted molar refractivity (Wildman–Crippen MR) is 113 cm³/mol. The van der Waals surface area contributed by atoms with E-state index in [1.54, 1.807) is 11.3 Å². The Bertz CT molecular complexity index is 891. The van der Waals surface area contributed by atoms with Gasteiger partial charge in [0.1, 0.15) is 6.61 Å². The van der Waals surface area contributed by atoms with Crippen LogP contribution in [-0.4, -0.2) is 59.9 Å². The van der Waals surface area contributed by atoms with Crippen LogP contribution in [-0.2, 0) is 20.9 Å². The lowest BCUT2D eigenvalue weighted by atomic mass is 9.89. The second kappa shape index (κ2) is 9.68. The van der Waals surface area contributed by atoms with Gasteiger partial charge in [-0.1, -0.05) is 0 Å². The normalized spacial score (nSPS) is 19.2. The third-order valence-electron chi connectivity index (χ3n) is 5.25. The van der Waals surface area contributed by atoms with Crippen molar-refractivity contribution in [3.05, 3.63) is 38.7 Å². The Hall–Kier alpha value is -1.95. The van der Waals surface area contributed by atoms with Crippen LogP contribution < -0.4 is 4.90 Å². The zero-order valence-electron chi connectivity index (χ0n) is 16.9. The molecule has 0 bridgehead atoms. The van der Waals surface area contributed by atoms with Crippen LogP contribution in [0, 0.1) is 6.92 Å². The summed E-state index contributed by atoms with van der Waals surface area (Å²) in [5, 5.41) is 11.2. The van der Waals surface area contributed by atoms with Crippen LogP contribution in [0.1, 0.15) is 22.6 Å². The van der Waals surface area contributed by atoms with Gasteiger partial charge < -0.3 is 14.7 Å². The maximum absolute atomic E-state index is 12.2. The highest BCUT2D eigenvalue weighted by Gasteiger charge is 2.42. The maximum atomic E-state index is 12.2. The number of morpholine rings is 1. The molecule has 0 unspecified atom stereocenters. The van der Waals surface area contributed by atoms with Crippen molar-refractivity contribution in [2.45, 2.75) is 38.1 Å². The molecule has 4 heterocycles. The van der Waals surface area contributed by atoms with Crippen molar-refractivity contribution >= 4 is 40.2 Å². The molecule has 1 N–H and O–H groups in total. The summed E-state index contributed by atoms with van der Waals surface area (Å²) >= 11 is 3.51. The molecule has 2 aliphatic heterocycles. The highest BCUT2D eigenvalue weighted by molar-refractivity contribution is 7.11. The molecular weight excluding hydrogens is 453 g/mol. The van der Waals surface area contributed by atoms with E-state index in [0.29, 0.717) is 6.54 Å². The Labute approximate surface area is 185 Å². The third kappa shape index (κ3) is 6.28. The number of ether oxygens (including phenoxy) is 1. The molecule has 2 aromatic rings. The largest absolute Gasteiger partial charge is 0.490 e. The summed E-state index contributed by atoms with van der Waals surface area (Å²) in [7, 11) is 0. The zero-order valence-corrected chi connectivity index (χ0v) is 18.5. The molecule has 1 amide bonds. The lowest BCUT2D eigenvalue weighted by Gasteiger charge is -2.46. The highest BCUT2D eigenvalue weighted by Crippen LogP contribution is 2.34. The van der Waals surface area contributed by atoms with Gasteiger partial charge in [0, 0.05) is 34.8 Å². The fourth-order valence-corrected chi connectivity index (χ4v) is 5.15. The summed E-state index contributed by atoms with van der Waals surface area (Å²) in [5.74, 6) is -2.68. The third-order valence-corrected chi connectivity index (χ3v) is 6.91. The van der Waals surface area contributed by atoms with Crippen LogP contribution >= 0.6 is 22.7 Å². The van der Waals surface area contributed by atoms with Gasteiger partial charge in [-0.15, -0.1) is 11.3 Å². The molecule has 1 spiro atoms. The van der Waals surface area contributed by atoms with E-state index in [4.69, 9.17) is 14.6 Å². The van der Waals surface area contributed by atoms with Gasteiger partial charge >= 0.3 is 12.1 Å². The van der Waals surface area contributed by atoms with Crippen LogP contribution in [0.15, 0.2) is 29.0 Å². The first kappa shape index (κ1) is 23.7. The molecule has 0 atom stereocenters. The Morgan fingerprint density at radius 1 is 1.26 bits per heavy atom. The Balaban J connectivity index is 0.000000339. The first-order valence-electron chi connectivity index (χ1n) is 9.62. The van der Waals surface area contributed by atoms with Crippen LogP contribution in [0.4, 0.5) is 18.9 Å². The summed E-state index contributed by atoms with van der Waals surface area (Å²) < 4.78 is 37.8. The molecule has 170 valence electrons. The average molecular weight is 477 g/mol. The number of aliphatic carboxylic acids is 1.